The number of nitrogens with zero attached hydrogens (tertiary/aromatic N) is 2. The molecule has 0 unspecified atom stereocenters. The van der Waals surface area contributed by atoms with Gasteiger partial charge in [-0.25, -0.2) is 0 Å². The van der Waals surface area contributed by atoms with Crippen LogP contribution in [0.1, 0.15) is 28.8 Å². The van der Waals surface area contributed by atoms with Crippen LogP contribution in [0.25, 0.3) is 21.8 Å². The third kappa shape index (κ3) is 1.97. The fourth-order valence-corrected chi connectivity index (χ4v) is 4.36. The summed E-state index contributed by atoms with van der Waals surface area (Å²) in [6, 6.07) is 10.4. The Balaban J connectivity index is 1.52. The van der Waals surface area contributed by atoms with Gasteiger partial charge in [0.25, 0.3) is 0 Å². The Morgan fingerprint density at radius 2 is 1.92 bits per heavy atom. The van der Waals surface area contributed by atoms with Crippen LogP contribution in [0, 0.1) is 0 Å². The molecule has 1 aliphatic carbocycles. The first-order valence-corrected chi connectivity index (χ1v) is 9.02. The van der Waals surface area contributed by atoms with Crippen LogP contribution in [-0.4, -0.2) is 22.0 Å². The molecule has 6 rings (SSSR count). The van der Waals surface area contributed by atoms with Gasteiger partial charge < -0.3 is 9.47 Å². The number of aryl methyl sites for hydroxylation is 1. The molecular formula is C21H17N3O2. The third-order valence-electron chi connectivity index (χ3n) is 5.53. The molecule has 0 radical (unpaired) electrons. The van der Waals surface area contributed by atoms with Crippen LogP contribution >= 0.6 is 0 Å². The van der Waals surface area contributed by atoms with Crippen molar-refractivity contribution < 1.29 is 9.47 Å². The van der Waals surface area contributed by atoms with E-state index in [1.165, 1.54) is 39.6 Å². The molecule has 2 aromatic heterocycles. The van der Waals surface area contributed by atoms with Crippen LogP contribution in [0.4, 0.5) is 0 Å². The summed E-state index contributed by atoms with van der Waals surface area (Å²) in [6.07, 6.45) is 6.16. The number of rotatable bonds is 2. The van der Waals surface area contributed by atoms with Crippen molar-refractivity contribution in [2.45, 2.75) is 25.7 Å². The number of pyridine rings is 1. The number of nitrogens with one attached hydrogen (secondary N) is 1. The topological polar surface area (TPSA) is 60.0 Å². The largest absolute Gasteiger partial charge is 0.454 e. The third-order valence-corrected chi connectivity index (χ3v) is 5.53. The first-order valence-electron chi connectivity index (χ1n) is 9.02. The van der Waals surface area contributed by atoms with Gasteiger partial charge in [-0.3, -0.25) is 10.1 Å². The smallest absolute Gasteiger partial charge is 0.231 e. The lowest BCUT2D eigenvalue weighted by atomic mass is 9.97. The molecule has 0 saturated carbocycles. The van der Waals surface area contributed by atoms with Crippen molar-refractivity contribution >= 4 is 21.8 Å². The van der Waals surface area contributed by atoms with Gasteiger partial charge in [0.15, 0.2) is 11.5 Å². The normalized spacial score (nSPS) is 15.1. The standard InChI is InChI=1S/C21H17N3O2/c1-2-13-14(3-1)21-15-10-22-24-16(15)5-6-17(21)23-18(13)8-12-4-7-19-20(9-12)26-11-25-19/h4-7,9-10H,1-3,8,11H2,(H,22,24). The van der Waals surface area contributed by atoms with E-state index in [1.54, 1.807) is 0 Å². The molecule has 2 aliphatic rings. The minimum Gasteiger partial charge on any atom is -0.454 e. The quantitative estimate of drug-likeness (QED) is 0.599. The number of H-pyrrole nitrogens is 1. The summed E-state index contributed by atoms with van der Waals surface area (Å²) >= 11 is 0. The van der Waals surface area contributed by atoms with E-state index in [4.69, 9.17) is 14.5 Å². The predicted octanol–water partition coefficient (Wildman–Crippen LogP) is 3.92. The number of aromatic amines is 1. The van der Waals surface area contributed by atoms with Crippen LogP contribution in [0.5, 0.6) is 11.5 Å². The number of benzene rings is 2. The average Bonchev–Trinajstić information content (AvgIpc) is 3.40. The summed E-state index contributed by atoms with van der Waals surface area (Å²) in [5, 5.41) is 9.76. The highest BCUT2D eigenvalue weighted by Gasteiger charge is 2.22. The molecule has 0 amide bonds. The molecule has 0 bridgehead atoms. The first kappa shape index (κ1) is 14.1. The van der Waals surface area contributed by atoms with Crippen molar-refractivity contribution in [1.82, 2.24) is 15.2 Å². The number of ether oxygens (including phenoxy) is 2. The fourth-order valence-electron chi connectivity index (χ4n) is 4.36. The van der Waals surface area contributed by atoms with Crippen molar-refractivity contribution in [3.05, 3.63) is 58.9 Å². The molecule has 26 heavy (non-hydrogen) atoms. The van der Waals surface area contributed by atoms with Crippen molar-refractivity contribution in [3.8, 4) is 11.5 Å². The van der Waals surface area contributed by atoms with E-state index in [0.717, 1.165) is 41.8 Å². The minimum atomic E-state index is 0.309. The molecule has 5 heteroatoms. The summed E-state index contributed by atoms with van der Waals surface area (Å²) in [4.78, 5) is 5.05. The lowest BCUT2D eigenvalue weighted by Gasteiger charge is -2.12. The second-order valence-corrected chi connectivity index (χ2v) is 7.02. The molecule has 0 atom stereocenters. The lowest BCUT2D eigenvalue weighted by molar-refractivity contribution is 0.174. The second-order valence-electron chi connectivity index (χ2n) is 7.02. The molecular weight excluding hydrogens is 326 g/mol. The van der Waals surface area contributed by atoms with Crippen LogP contribution in [0.2, 0.25) is 0 Å². The molecule has 2 aromatic carbocycles. The average molecular weight is 343 g/mol. The molecule has 5 nitrogen and oxygen atoms in total. The molecule has 1 aliphatic heterocycles. The molecule has 3 heterocycles. The van der Waals surface area contributed by atoms with Gasteiger partial charge in [-0.05, 0) is 60.2 Å². The Morgan fingerprint density at radius 1 is 1.00 bits per heavy atom. The van der Waals surface area contributed by atoms with Gasteiger partial charge >= 0.3 is 0 Å². The molecule has 0 saturated heterocycles. The summed E-state index contributed by atoms with van der Waals surface area (Å²) < 4.78 is 10.9. The molecule has 0 spiro atoms. The van der Waals surface area contributed by atoms with E-state index in [0.29, 0.717) is 6.79 Å². The summed E-state index contributed by atoms with van der Waals surface area (Å²) in [5.74, 6) is 1.66. The molecule has 1 N–H and O–H groups in total. The van der Waals surface area contributed by atoms with Gasteiger partial charge in [-0.1, -0.05) is 6.07 Å². The monoisotopic (exact) mass is 343 g/mol. The van der Waals surface area contributed by atoms with E-state index in [1.807, 2.05) is 12.3 Å². The van der Waals surface area contributed by atoms with Crippen LogP contribution in [0.3, 0.4) is 0 Å². The molecule has 128 valence electrons. The lowest BCUT2D eigenvalue weighted by Crippen LogP contribution is -2.01. The Bertz CT molecular complexity index is 1180. The number of fused-ring (bicyclic) bond motifs is 6. The molecule has 0 fully saturated rings. The highest BCUT2D eigenvalue weighted by molar-refractivity contribution is 6.07. The van der Waals surface area contributed by atoms with Crippen LogP contribution in [0.15, 0.2) is 36.5 Å². The highest BCUT2D eigenvalue weighted by Crippen LogP contribution is 2.37. The molecule has 4 aromatic rings. The van der Waals surface area contributed by atoms with E-state index in [2.05, 4.69) is 34.5 Å². The van der Waals surface area contributed by atoms with Crippen LogP contribution in [-0.2, 0) is 19.3 Å². The number of hydrogen-bond donors (Lipinski definition) is 1. The summed E-state index contributed by atoms with van der Waals surface area (Å²) in [5.41, 5.74) is 7.42. The first-order chi connectivity index (χ1) is 12.9. The van der Waals surface area contributed by atoms with Crippen molar-refractivity contribution in [1.29, 1.82) is 0 Å². The zero-order chi connectivity index (χ0) is 17.1. The van der Waals surface area contributed by atoms with Gasteiger partial charge in [-0.15, -0.1) is 0 Å². The van der Waals surface area contributed by atoms with Gasteiger partial charge in [0, 0.05) is 22.9 Å². The van der Waals surface area contributed by atoms with Gasteiger partial charge in [0.05, 0.1) is 17.2 Å². The maximum absolute atomic E-state index is 5.53. The Morgan fingerprint density at radius 3 is 2.92 bits per heavy atom. The maximum atomic E-state index is 5.53. The van der Waals surface area contributed by atoms with Crippen LogP contribution < -0.4 is 9.47 Å². The van der Waals surface area contributed by atoms with E-state index >= 15 is 0 Å². The highest BCUT2D eigenvalue weighted by atomic mass is 16.7. The zero-order valence-corrected chi connectivity index (χ0v) is 14.2. The SMILES string of the molecule is c1cc2c(cc1Cc1nc3ccc4[nH]ncc4c3c3c1CCC3)OCO2. The maximum Gasteiger partial charge on any atom is 0.231 e. The van der Waals surface area contributed by atoms with Crippen molar-refractivity contribution in [2.24, 2.45) is 0 Å². The van der Waals surface area contributed by atoms with Gasteiger partial charge in [-0.2, -0.15) is 5.10 Å². The Hall–Kier alpha value is -3.08. The zero-order valence-electron chi connectivity index (χ0n) is 14.2. The van der Waals surface area contributed by atoms with E-state index in [9.17, 15) is 0 Å². The fraction of sp³-hybridized carbons (Fsp3) is 0.238. The number of aromatic nitrogens is 3. The number of hydrogen-bond acceptors (Lipinski definition) is 4. The minimum absolute atomic E-state index is 0.309. The predicted molar refractivity (Wildman–Crippen MR) is 98.8 cm³/mol. The van der Waals surface area contributed by atoms with Gasteiger partial charge in [0.1, 0.15) is 0 Å². The van der Waals surface area contributed by atoms with Crippen molar-refractivity contribution in [2.75, 3.05) is 6.79 Å². The van der Waals surface area contributed by atoms with E-state index < -0.39 is 0 Å². The summed E-state index contributed by atoms with van der Waals surface area (Å²) in [7, 11) is 0. The second kappa shape index (κ2) is 5.21. The Labute approximate surface area is 150 Å². The summed E-state index contributed by atoms with van der Waals surface area (Å²) in [6.45, 7) is 0.309. The van der Waals surface area contributed by atoms with Gasteiger partial charge in [0.2, 0.25) is 6.79 Å². The van der Waals surface area contributed by atoms with Crippen molar-refractivity contribution in [3.63, 3.8) is 0 Å². The Kier molecular flexibility index (Phi) is 2.83. The van der Waals surface area contributed by atoms with E-state index in [-0.39, 0.29) is 0 Å².